The molecule has 0 aliphatic carbocycles. The molecule has 0 amide bonds. The molecule has 0 spiro atoms. The van der Waals surface area contributed by atoms with Gasteiger partial charge in [-0.2, -0.15) is 5.26 Å². The smallest absolute Gasteiger partial charge is 0.177 e. The fourth-order valence-electron chi connectivity index (χ4n) is 1.78. The van der Waals surface area contributed by atoms with Crippen LogP contribution in [-0.4, -0.2) is 30.8 Å². The Morgan fingerprint density at radius 1 is 1.41 bits per heavy atom. The van der Waals surface area contributed by atoms with Crippen LogP contribution in [0.3, 0.4) is 0 Å². The van der Waals surface area contributed by atoms with Gasteiger partial charge in [0.15, 0.2) is 5.78 Å². The Morgan fingerprint density at radius 3 is 2.71 bits per heavy atom. The minimum Gasteiger partial charge on any atom is -0.298 e. The largest absolute Gasteiger partial charge is 0.298 e. The van der Waals surface area contributed by atoms with E-state index >= 15 is 0 Å². The maximum absolute atomic E-state index is 12.0. The Labute approximate surface area is 103 Å². The highest BCUT2D eigenvalue weighted by molar-refractivity contribution is 5.98. The summed E-state index contributed by atoms with van der Waals surface area (Å²) in [6.07, 6.45) is 0.455. The number of Topliss-reactive ketones (excluding diaryl/α,β-unsaturated/α-hetero) is 1. The van der Waals surface area contributed by atoms with Crippen molar-refractivity contribution < 1.29 is 4.79 Å². The highest BCUT2D eigenvalue weighted by Crippen LogP contribution is 2.11. The zero-order valence-electron chi connectivity index (χ0n) is 10.7. The first-order valence-corrected chi connectivity index (χ1v) is 5.70. The molecule has 90 valence electrons. The summed E-state index contributed by atoms with van der Waals surface area (Å²) in [5.41, 5.74) is 2.96. The summed E-state index contributed by atoms with van der Waals surface area (Å²) in [7, 11) is 1.86. The lowest BCUT2D eigenvalue weighted by molar-refractivity contribution is 0.0947. The summed E-state index contributed by atoms with van der Waals surface area (Å²) in [5, 5.41) is 8.48. The van der Waals surface area contributed by atoms with Crippen LogP contribution < -0.4 is 0 Å². The van der Waals surface area contributed by atoms with Gasteiger partial charge in [-0.25, -0.2) is 0 Å². The van der Waals surface area contributed by atoms with Crippen LogP contribution in [0.25, 0.3) is 0 Å². The van der Waals surface area contributed by atoms with Gasteiger partial charge in [0.2, 0.25) is 0 Å². The number of nitriles is 1. The van der Waals surface area contributed by atoms with Gasteiger partial charge in [-0.1, -0.05) is 23.8 Å². The molecule has 0 unspecified atom stereocenters. The zero-order chi connectivity index (χ0) is 12.8. The minimum atomic E-state index is 0.114. The van der Waals surface area contributed by atoms with Crippen molar-refractivity contribution in [2.45, 2.75) is 20.3 Å². The summed E-state index contributed by atoms with van der Waals surface area (Å²) in [5.74, 6) is 0.114. The molecule has 0 heterocycles. The summed E-state index contributed by atoms with van der Waals surface area (Å²) in [4.78, 5) is 13.9. The van der Waals surface area contributed by atoms with Gasteiger partial charge in [0, 0.05) is 18.5 Å². The lowest BCUT2D eigenvalue weighted by atomic mass is 10.0. The molecule has 17 heavy (non-hydrogen) atoms. The van der Waals surface area contributed by atoms with Gasteiger partial charge < -0.3 is 0 Å². The molecule has 0 N–H and O–H groups in total. The number of carbonyl (C=O) groups is 1. The monoisotopic (exact) mass is 230 g/mol. The van der Waals surface area contributed by atoms with Crippen molar-refractivity contribution in [2.24, 2.45) is 0 Å². The number of benzene rings is 1. The van der Waals surface area contributed by atoms with E-state index in [-0.39, 0.29) is 5.78 Å². The molecule has 0 saturated heterocycles. The fourth-order valence-corrected chi connectivity index (χ4v) is 1.78. The molecule has 0 bridgehead atoms. The van der Waals surface area contributed by atoms with Crippen molar-refractivity contribution in [3.05, 3.63) is 34.9 Å². The summed E-state index contributed by atoms with van der Waals surface area (Å²) < 4.78 is 0. The number of hydrogen-bond donors (Lipinski definition) is 0. The Hall–Kier alpha value is -1.66. The van der Waals surface area contributed by atoms with E-state index in [0.717, 1.165) is 16.7 Å². The standard InChI is InChI=1S/C14H18N2O/c1-11-5-6-13(12(2)9-11)14(17)10-16(3)8-4-7-15/h5-6,9H,4,8,10H2,1-3H3. The van der Waals surface area contributed by atoms with Gasteiger partial charge in [0.05, 0.1) is 12.6 Å². The second-order valence-corrected chi connectivity index (χ2v) is 4.39. The average molecular weight is 230 g/mol. The van der Waals surface area contributed by atoms with E-state index < -0.39 is 0 Å². The second kappa shape index (κ2) is 6.17. The van der Waals surface area contributed by atoms with Crippen LogP contribution in [0.2, 0.25) is 0 Å². The Kier molecular flexibility index (Phi) is 4.86. The molecule has 0 saturated carbocycles. The van der Waals surface area contributed by atoms with Gasteiger partial charge in [-0.3, -0.25) is 9.69 Å². The SMILES string of the molecule is Cc1ccc(C(=O)CN(C)CCC#N)c(C)c1. The topological polar surface area (TPSA) is 44.1 Å². The number of nitrogens with zero attached hydrogens (tertiary/aromatic N) is 2. The third kappa shape index (κ3) is 4.01. The lowest BCUT2D eigenvalue weighted by Crippen LogP contribution is -2.27. The van der Waals surface area contributed by atoms with Gasteiger partial charge in [-0.15, -0.1) is 0 Å². The molecule has 0 fully saturated rings. The number of likely N-dealkylation sites (N-methyl/N-ethyl adjacent to an activating group) is 1. The predicted molar refractivity (Wildman–Crippen MR) is 68.0 cm³/mol. The number of rotatable bonds is 5. The molecule has 1 aromatic carbocycles. The van der Waals surface area contributed by atoms with Crippen LogP contribution >= 0.6 is 0 Å². The van der Waals surface area contributed by atoms with E-state index in [2.05, 4.69) is 6.07 Å². The number of hydrogen-bond acceptors (Lipinski definition) is 3. The van der Waals surface area contributed by atoms with Crippen molar-refractivity contribution in [1.29, 1.82) is 5.26 Å². The summed E-state index contributed by atoms with van der Waals surface area (Å²) in [6, 6.07) is 7.93. The first-order chi connectivity index (χ1) is 8.04. The molecule has 1 rings (SSSR count). The molecule has 0 aliphatic rings. The Bertz CT molecular complexity index is 446. The molecular formula is C14H18N2O. The van der Waals surface area contributed by atoms with E-state index in [1.165, 1.54) is 0 Å². The predicted octanol–water partition coefficient (Wildman–Crippen LogP) is 2.33. The first kappa shape index (κ1) is 13.4. The van der Waals surface area contributed by atoms with E-state index in [0.29, 0.717) is 19.5 Å². The van der Waals surface area contributed by atoms with Gasteiger partial charge in [0.25, 0.3) is 0 Å². The van der Waals surface area contributed by atoms with Crippen LogP contribution in [0.15, 0.2) is 18.2 Å². The molecule has 0 aliphatic heterocycles. The Balaban J connectivity index is 2.67. The second-order valence-electron chi connectivity index (χ2n) is 4.39. The average Bonchev–Trinajstić information content (AvgIpc) is 2.26. The van der Waals surface area contributed by atoms with E-state index in [9.17, 15) is 4.79 Å². The molecule has 3 heteroatoms. The fraction of sp³-hybridized carbons (Fsp3) is 0.429. The normalized spacial score (nSPS) is 10.3. The molecule has 0 aromatic heterocycles. The maximum Gasteiger partial charge on any atom is 0.177 e. The highest BCUT2D eigenvalue weighted by atomic mass is 16.1. The zero-order valence-corrected chi connectivity index (χ0v) is 10.7. The molecule has 0 atom stereocenters. The number of carbonyl (C=O) groups excluding carboxylic acids is 1. The number of ketones is 1. The van der Waals surface area contributed by atoms with Gasteiger partial charge >= 0.3 is 0 Å². The third-order valence-corrected chi connectivity index (χ3v) is 2.70. The van der Waals surface area contributed by atoms with E-state index in [1.807, 2.05) is 44.0 Å². The molecular weight excluding hydrogens is 212 g/mol. The van der Waals surface area contributed by atoms with Crippen LogP contribution in [0.4, 0.5) is 0 Å². The lowest BCUT2D eigenvalue weighted by Gasteiger charge is -2.14. The van der Waals surface area contributed by atoms with Crippen molar-refractivity contribution >= 4 is 5.78 Å². The van der Waals surface area contributed by atoms with E-state index in [4.69, 9.17) is 5.26 Å². The van der Waals surface area contributed by atoms with Crippen LogP contribution in [0.1, 0.15) is 27.9 Å². The molecule has 0 radical (unpaired) electrons. The van der Waals surface area contributed by atoms with Crippen molar-refractivity contribution in [3.8, 4) is 6.07 Å². The third-order valence-electron chi connectivity index (χ3n) is 2.70. The summed E-state index contributed by atoms with van der Waals surface area (Å²) in [6.45, 7) is 4.97. The van der Waals surface area contributed by atoms with Crippen LogP contribution in [0, 0.1) is 25.2 Å². The summed E-state index contributed by atoms with van der Waals surface area (Å²) >= 11 is 0. The quantitative estimate of drug-likeness (QED) is 0.729. The number of aryl methyl sites for hydroxylation is 2. The first-order valence-electron chi connectivity index (χ1n) is 5.70. The maximum atomic E-state index is 12.0. The highest BCUT2D eigenvalue weighted by Gasteiger charge is 2.11. The Morgan fingerprint density at radius 2 is 2.12 bits per heavy atom. The van der Waals surface area contributed by atoms with Crippen molar-refractivity contribution in [1.82, 2.24) is 4.90 Å². The van der Waals surface area contributed by atoms with Crippen molar-refractivity contribution in [2.75, 3.05) is 20.1 Å². The van der Waals surface area contributed by atoms with Crippen LogP contribution in [-0.2, 0) is 0 Å². The van der Waals surface area contributed by atoms with E-state index in [1.54, 1.807) is 0 Å². The molecule has 1 aromatic rings. The van der Waals surface area contributed by atoms with Gasteiger partial charge in [-0.05, 0) is 26.5 Å². The molecule has 3 nitrogen and oxygen atoms in total. The van der Waals surface area contributed by atoms with Crippen LogP contribution in [0.5, 0.6) is 0 Å². The minimum absolute atomic E-state index is 0.114. The van der Waals surface area contributed by atoms with Gasteiger partial charge in [0.1, 0.15) is 0 Å². The van der Waals surface area contributed by atoms with Crippen molar-refractivity contribution in [3.63, 3.8) is 0 Å².